The smallest absolute Gasteiger partial charge is 0.307 e. The molecule has 0 saturated heterocycles. The third kappa shape index (κ3) is 5.61. The molecule has 0 bridgehead atoms. The van der Waals surface area contributed by atoms with Crippen LogP contribution in [0.5, 0.6) is 11.5 Å². The highest BCUT2D eigenvalue weighted by Crippen LogP contribution is 2.37. The normalized spacial score (nSPS) is 11.2. The molecular formula is C24H17Br2FN2O4. The van der Waals surface area contributed by atoms with Crippen LogP contribution >= 0.6 is 31.9 Å². The van der Waals surface area contributed by atoms with Crippen LogP contribution in [0.25, 0.3) is 11.0 Å². The Balaban J connectivity index is 1.44. The average molecular weight is 576 g/mol. The molecule has 33 heavy (non-hydrogen) atoms. The maximum atomic E-state index is 13.1. The van der Waals surface area contributed by atoms with Gasteiger partial charge in [0.25, 0.3) is 0 Å². The molecule has 0 aliphatic heterocycles. The number of nitrogens with one attached hydrogen (secondary N) is 1. The number of ether oxygens (including phenoxy) is 2. The van der Waals surface area contributed by atoms with E-state index in [0.29, 0.717) is 27.1 Å². The van der Waals surface area contributed by atoms with Gasteiger partial charge in [-0.25, -0.2) is 9.82 Å². The van der Waals surface area contributed by atoms with E-state index >= 15 is 0 Å². The summed E-state index contributed by atoms with van der Waals surface area (Å²) in [6, 6.07) is 16.7. The highest BCUT2D eigenvalue weighted by Gasteiger charge is 2.13. The minimum Gasteiger partial charge on any atom is -0.493 e. The van der Waals surface area contributed by atoms with Gasteiger partial charge in [-0.15, -0.1) is 0 Å². The summed E-state index contributed by atoms with van der Waals surface area (Å²) in [5, 5.41) is 4.82. The number of hydrazone groups is 1. The minimum absolute atomic E-state index is 0.156. The van der Waals surface area contributed by atoms with Crippen LogP contribution in [-0.2, 0) is 6.61 Å². The van der Waals surface area contributed by atoms with Gasteiger partial charge in [0.1, 0.15) is 18.0 Å². The lowest BCUT2D eigenvalue weighted by Gasteiger charge is -2.13. The van der Waals surface area contributed by atoms with Crippen LogP contribution in [0.1, 0.15) is 21.7 Å². The van der Waals surface area contributed by atoms with Crippen LogP contribution in [0, 0.1) is 5.82 Å². The number of amides is 1. The monoisotopic (exact) mass is 574 g/mol. The van der Waals surface area contributed by atoms with Gasteiger partial charge in [0.2, 0.25) is 0 Å². The van der Waals surface area contributed by atoms with Crippen LogP contribution in [0.4, 0.5) is 4.39 Å². The van der Waals surface area contributed by atoms with Crippen molar-refractivity contribution in [2.24, 2.45) is 5.10 Å². The minimum atomic E-state index is -0.469. The van der Waals surface area contributed by atoms with E-state index in [2.05, 4.69) is 42.4 Å². The maximum Gasteiger partial charge on any atom is 0.307 e. The van der Waals surface area contributed by atoms with Gasteiger partial charge in [0.05, 0.1) is 17.8 Å². The second kappa shape index (κ2) is 10.2. The van der Waals surface area contributed by atoms with Crippen molar-refractivity contribution >= 4 is 55.0 Å². The largest absolute Gasteiger partial charge is 0.493 e. The number of hydrogen-bond donors (Lipinski definition) is 1. The zero-order chi connectivity index (χ0) is 23.4. The molecule has 1 N–H and O–H groups in total. The lowest BCUT2D eigenvalue weighted by molar-refractivity contribution is 0.0929. The van der Waals surface area contributed by atoms with E-state index in [4.69, 9.17) is 13.9 Å². The summed E-state index contributed by atoms with van der Waals surface area (Å²) in [6.07, 6.45) is 1.48. The van der Waals surface area contributed by atoms with E-state index in [1.54, 1.807) is 36.4 Å². The van der Waals surface area contributed by atoms with Crippen molar-refractivity contribution < 1.29 is 23.1 Å². The molecule has 0 spiro atoms. The Morgan fingerprint density at radius 2 is 1.91 bits per heavy atom. The Bertz CT molecular complexity index is 1340. The number of carbonyl (C=O) groups excluding carboxylic acids is 1. The molecular weight excluding hydrogens is 559 g/mol. The Hall–Kier alpha value is -3.17. The van der Waals surface area contributed by atoms with Crippen LogP contribution < -0.4 is 14.9 Å². The summed E-state index contributed by atoms with van der Waals surface area (Å²) in [7, 11) is 1.52. The number of halogens is 3. The first-order valence-electron chi connectivity index (χ1n) is 9.70. The third-order valence-electron chi connectivity index (χ3n) is 4.63. The van der Waals surface area contributed by atoms with Crippen LogP contribution in [-0.4, -0.2) is 19.2 Å². The van der Waals surface area contributed by atoms with Crippen molar-refractivity contribution in [3.8, 4) is 11.5 Å². The van der Waals surface area contributed by atoms with Gasteiger partial charge >= 0.3 is 5.91 Å². The van der Waals surface area contributed by atoms with Gasteiger partial charge in [-0.1, -0.05) is 28.1 Å². The zero-order valence-corrected chi connectivity index (χ0v) is 20.4. The Morgan fingerprint density at radius 3 is 2.67 bits per heavy atom. The molecule has 3 aromatic carbocycles. The van der Waals surface area contributed by atoms with E-state index in [1.165, 1.54) is 25.5 Å². The summed E-state index contributed by atoms with van der Waals surface area (Å²) in [4.78, 5) is 12.4. The molecule has 1 heterocycles. The molecule has 168 valence electrons. The van der Waals surface area contributed by atoms with E-state index in [9.17, 15) is 9.18 Å². The molecule has 9 heteroatoms. The number of benzene rings is 3. The third-order valence-corrected chi connectivity index (χ3v) is 5.71. The molecule has 4 rings (SSSR count). The van der Waals surface area contributed by atoms with Crippen molar-refractivity contribution in [1.29, 1.82) is 0 Å². The lowest BCUT2D eigenvalue weighted by atomic mass is 10.2. The first kappa shape index (κ1) is 23.0. The van der Waals surface area contributed by atoms with Crippen molar-refractivity contribution in [3.63, 3.8) is 0 Å². The van der Waals surface area contributed by atoms with Crippen LogP contribution in [0.15, 0.2) is 79.1 Å². The van der Waals surface area contributed by atoms with E-state index in [1.807, 2.05) is 12.1 Å². The standard InChI is InChI=1S/C24H17Br2FN2O4/c1-31-21-9-15(8-19(26)23(21)32-13-14-2-5-18(27)6-3-14)12-28-29-24(30)22-11-16-10-17(25)4-7-20(16)33-22/h2-12H,13H2,1H3,(H,29,30)/b28-12+. The van der Waals surface area contributed by atoms with Crippen molar-refractivity contribution in [2.75, 3.05) is 7.11 Å². The van der Waals surface area contributed by atoms with E-state index < -0.39 is 5.91 Å². The lowest BCUT2D eigenvalue weighted by Crippen LogP contribution is -2.16. The number of rotatable bonds is 7. The molecule has 1 aromatic heterocycles. The number of furan rings is 1. The average Bonchev–Trinajstić information content (AvgIpc) is 3.22. The summed E-state index contributed by atoms with van der Waals surface area (Å²) < 4.78 is 31.4. The summed E-state index contributed by atoms with van der Waals surface area (Å²) in [5.74, 6) is 0.354. The predicted molar refractivity (Wildman–Crippen MR) is 130 cm³/mol. The number of hydrogen-bond acceptors (Lipinski definition) is 5. The first-order valence-corrected chi connectivity index (χ1v) is 11.3. The molecule has 0 fully saturated rings. The molecule has 0 unspecified atom stereocenters. The molecule has 6 nitrogen and oxygen atoms in total. The van der Waals surface area contributed by atoms with Gasteiger partial charge in [0, 0.05) is 9.86 Å². The first-order chi connectivity index (χ1) is 15.9. The van der Waals surface area contributed by atoms with Gasteiger partial charge < -0.3 is 13.9 Å². The number of nitrogens with zero attached hydrogens (tertiary/aromatic N) is 1. The molecule has 0 saturated carbocycles. The second-order valence-electron chi connectivity index (χ2n) is 6.94. The number of carbonyl (C=O) groups is 1. The number of methoxy groups -OCH3 is 1. The van der Waals surface area contributed by atoms with Gasteiger partial charge in [-0.05, 0) is 75.6 Å². The molecule has 0 atom stereocenters. The van der Waals surface area contributed by atoms with Gasteiger partial charge in [-0.3, -0.25) is 4.79 Å². The summed E-state index contributed by atoms with van der Waals surface area (Å²) in [5.41, 5.74) is 4.55. The topological polar surface area (TPSA) is 73.1 Å². The Labute approximate surface area is 205 Å². The molecule has 0 radical (unpaired) electrons. The van der Waals surface area contributed by atoms with Gasteiger partial charge in [-0.2, -0.15) is 5.10 Å². The molecule has 4 aromatic rings. The highest BCUT2D eigenvalue weighted by molar-refractivity contribution is 9.10. The van der Waals surface area contributed by atoms with Crippen molar-refractivity contribution in [3.05, 3.63) is 92.3 Å². The Kier molecular flexibility index (Phi) is 7.10. The molecule has 1 amide bonds. The molecule has 0 aliphatic carbocycles. The van der Waals surface area contributed by atoms with Gasteiger partial charge in [0.15, 0.2) is 17.3 Å². The summed E-state index contributed by atoms with van der Waals surface area (Å²) >= 11 is 6.86. The fourth-order valence-corrected chi connectivity index (χ4v) is 3.99. The Morgan fingerprint density at radius 1 is 1.12 bits per heavy atom. The highest BCUT2D eigenvalue weighted by atomic mass is 79.9. The van der Waals surface area contributed by atoms with Crippen LogP contribution in [0.2, 0.25) is 0 Å². The summed E-state index contributed by atoms with van der Waals surface area (Å²) in [6.45, 7) is 0.243. The van der Waals surface area contributed by atoms with E-state index in [-0.39, 0.29) is 18.2 Å². The fourth-order valence-electron chi connectivity index (χ4n) is 3.04. The quantitative estimate of drug-likeness (QED) is 0.203. The predicted octanol–water partition coefficient (Wildman–Crippen LogP) is 6.45. The maximum absolute atomic E-state index is 13.1. The van der Waals surface area contributed by atoms with E-state index in [0.717, 1.165) is 15.4 Å². The van der Waals surface area contributed by atoms with Crippen molar-refractivity contribution in [2.45, 2.75) is 6.61 Å². The molecule has 0 aliphatic rings. The SMILES string of the molecule is COc1cc(/C=N/NC(=O)c2cc3cc(Br)ccc3o2)cc(Br)c1OCc1ccc(F)cc1. The second-order valence-corrected chi connectivity index (χ2v) is 8.71. The fraction of sp³-hybridized carbons (Fsp3) is 0.0833. The van der Waals surface area contributed by atoms with Crippen molar-refractivity contribution in [1.82, 2.24) is 5.43 Å². The number of fused-ring (bicyclic) bond motifs is 1. The zero-order valence-electron chi connectivity index (χ0n) is 17.3. The van der Waals surface area contributed by atoms with Crippen LogP contribution in [0.3, 0.4) is 0 Å².